The summed E-state index contributed by atoms with van der Waals surface area (Å²) < 4.78 is 15.3. The van der Waals surface area contributed by atoms with Crippen molar-refractivity contribution < 1.29 is 9.18 Å². The Morgan fingerprint density at radius 3 is 2.83 bits per heavy atom. The Hall–Kier alpha value is -2.47. The third-order valence-electron chi connectivity index (χ3n) is 3.59. The van der Waals surface area contributed by atoms with E-state index in [0.29, 0.717) is 10.6 Å². The van der Waals surface area contributed by atoms with Gasteiger partial charge in [-0.15, -0.1) is 5.10 Å². The van der Waals surface area contributed by atoms with E-state index < -0.39 is 5.82 Å². The molecule has 0 bridgehead atoms. The molecule has 2 aromatic carbocycles. The van der Waals surface area contributed by atoms with Gasteiger partial charge in [-0.3, -0.25) is 4.79 Å². The Bertz CT molecular complexity index is 844. The van der Waals surface area contributed by atoms with Crippen LogP contribution in [0.3, 0.4) is 0 Å². The van der Waals surface area contributed by atoms with Gasteiger partial charge >= 0.3 is 0 Å². The zero-order chi connectivity index (χ0) is 16.4. The lowest BCUT2D eigenvalue weighted by molar-refractivity contribution is -0.131. The van der Waals surface area contributed by atoms with Crippen LogP contribution in [0.4, 0.5) is 4.39 Å². The number of rotatable bonds is 4. The molecule has 0 fully saturated rings. The fraction of sp³-hybridized carbons (Fsp3) is 0.188. The molecule has 118 valence electrons. The van der Waals surface area contributed by atoms with Crippen LogP contribution in [0, 0.1) is 5.82 Å². The van der Waals surface area contributed by atoms with Crippen molar-refractivity contribution in [3.8, 4) is 0 Å². The minimum atomic E-state index is -0.427. The standard InChI is InChI=1S/C16H14ClFN4O/c1-21(9-11-12(17)5-4-6-13(11)18)16(23)10-22-15-8-3-2-7-14(15)19-20-22/h2-8H,9-10H2,1H3. The van der Waals surface area contributed by atoms with E-state index >= 15 is 0 Å². The number of amides is 1. The maximum atomic E-state index is 13.8. The highest BCUT2D eigenvalue weighted by atomic mass is 35.5. The first-order valence-corrected chi connectivity index (χ1v) is 7.39. The van der Waals surface area contributed by atoms with Crippen LogP contribution in [0.1, 0.15) is 5.56 Å². The predicted octanol–water partition coefficient (Wildman–Crippen LogP) is 2.88. The molecule has 3 aromatic rings. The number of hydrogen-bond acceptors (Lipinski definition) is 3. The van der Waals surface area contributed by atoms with Crippen LogP contribution in [0.5, 0.6) is 0 Å². The van der Waals surface area contributed by atoms with Crippen molar-refractivity contribution in [2.45, 2.75) is 13.1 Å². The Labute approximate surface area is 137 Å². The molecule has 0 aliphatic heterocycles. The summed E-state index contributed by atoms with van der Waals surface area (Å²) >= 11 is 5.99. The van der Waals surface area contributed by atoms with Crippen LogP contribution in [-0.4, -0.2) is 32.8 Å². The molecular weight excluding hydrogens is 319 g/mol. The first-order valence-electron chi connectivity index (χ1n) is 7.01. The number of likely N-dealkylation sites (N-methyl/N-ethyl adjacent to an activating group) is 1. The van der Waals surface area contributed by atoms with Crippen LogP contribution in [0.15, 0.2) is 42.5 Å². The predicted molar refractivity (Wildman–Crippen MR) is 85.4 cm³/mol. The van der Waals surface area contributed by atoms with Gasteiger partial charge in [0.15, 0.2) is 0 Å². The molecule has 1 amide bonds. The lowest BCUT2D eigenvalue weighted by Crippen LogP contribution is -2.30. The molecule has 0 N–H and O–H groups in total. The van der Waals surface area contributed by atoms with Gasteiger partial charge in [-0.25, -0.2) is 9.07 Å². The molecule has 23 heavy (non-hydrogen) atoms. The topological polar surface area (TPSA) is 51.0 Å². The molecule has 1 heterocycles. The summed E-state index contributed by atoms with van der Waals surface area (Å²) in [6.07, 6.45) is 0. The third kappa shape index (κ3) is 3.17. The van der Waals surface area contributed by atoms with E-state index in [1.807, 2.05) is 24.3 Å². The van der Waals surface area contributed by atoms with Gasteiger partial charge in [-0.2, -0.15) is 0 Å². The van der Waals surface area contributed by atoms with Crippen molar-refractivity contribution >= 4 is 28.5 Å². The second-order valence-electron chi connectivity index (χ2n) is 5.19. The average molecular weight is 333 g/mol. The van der Waals surface area contributed by atoms with Gasteiger partial charge in [0, 0.05) is 24.2 Å². The SMILES string of the molecule is CN(Cc1c(F)cccc1Cl)C(=O)Cn1nnc2ccccc21. The second-order valence-corrected chi connectivity index (χ2v) is 5.59. The molecule has 0 aliphatic rings. The summed E-state index contributed by atoms with van der Waals surface area (Å²) in [5.74, 6) is -0.636. The van der Waals surface area contributed by atoms with Gasteiger partial charge in [-0.05, 0) is 24.3 Å². The number of nitrogens with zero attached hydrogens (tertiary/aromatic N) is 4. The second kappa shape index (κ2) is 6.34. The number of carbonyl (C=O) groups excluding carboxylic acids is 1. The summed E-state index contributed by atoms with van der Waals surface area (Å²) in [5, 5.41) is 8.28. The summed E-state index contributed by atoms with van der Waals surface area (Å²) in [6, 6.07) is 11.8. The number of carbonyl (C=O) groups is 1. The van der Waals surface area contributed by atoms with Gasteiger partial charge < -0.3 is 4.90 Å². The monoisotopic (exact) mass is 332 g/mol. The van der Waals surface area contributed by atoms with Crippen LogP contribution >= 0.6 is 11.6 Å². The van der Waals surface area contributed by atoms with Gasteiger partial charge in [0.2, 0.25) is 5.91 Å². The van der Waals surface area contributed by atoms with E-state index in [1.54, 1.807) is 13.1 Å². The van der Waals surface area contributed by atoms with Crippen molar-refractivity contribution in [3.05, 3.63) is 58.9 Å². The minimum absolute atomic E-state index is 0.0308. The van der Waals surface area contributed by atoms with Gasteiger partial charge in [0.05, 0.1) is 5.52 Å². The van der Waals surface area contributed by atoms with E-state index in [9.17, 15) is 9.18 Å². The van der Waals surface area contributed by atoms with Crippen LogP contribution in [0.2, 0.25) is 5.02 Å². The molecule has 0 atom stereocenters. The fourth-order valence-corrected chi connectivity index (χ4v) is 2.51. The first kappa shape index (κ1) is 15.4. The van der Waals surface area contributed by atoms with E-state index in [0.717, 1.165) is 11.0 Å². The molecular formula is C16H14ClFN4O. The number of aromatic nitrogens is 3. The lowest BCUT2D eigenvalue weighted by Gasteiger charge is -2.18. The van der Waals surface area contributed by atoms with Crippen molar-refractivity contribution in [2.75, 3.05) is 7.05 Å². The summed E-state index contributed by atoms with van der Waals surface area (Å²) in [5.41, 5.74) is 1.80. The normalized spacial score (nSPS) is 10.9. The Kier molecular flexibility index (Phi) is 4.25. The van der Waals surface area contributed by atoms with Crippen LogP contribution < -0.4 is 0 Å². The summed E-state index contributed by atoms with van der Waals surface area (Å²) in [7, 11) is 1.60. The summed E-state index contributed by atoms with van der Waals surface area (Å²) in [4.78, 5) is 13.8. The molecule has 0 saturated carbocycles. The van der Waals surface area contributed by atoms with Crippen molar-refractivity contribution in [1.82, 2.24) is 19.9 Å². The highest BCUT2D eigenvalue weighted by molar-refractivity contribution is 6.31. The Morgan fingerprint density at radius 2 is 2.04 bits per heavy atom. The Balaban J connectivity index is 1.75. The van der Waals surface area contributed by atoms with E-state index in [4.69, 9.17) is 11.6 Å². The highest BCUT2D eigenvalue weighted by Crippen LogP contribution is 2.20. The molecule has 7 heteroatoms. The molecule has 0 radical (unpaired) electrons. The highest BCUT2D eigenvalue weighted by Gasteiger charge is 2.16. The first-order chi connectivity index (χ1) is 11.1. The molecule has 1 aromatic heterocycles. The lowest BCUT2D eigenvalue weighted by atomic mass is 10.2. The third-order valence-corrected chi connectivity index (χ3v) is 3.94. The molecule has 5 nitrogen and oxygen atoms in total. The zero-order valence-corrected chi connectivity index (χ0v) is 13.2. The number of fused-ring (bicyclic) bond motifs is 1. The molecule has 0 unspecified atom stereocenters. The fourth-order valence-electron chi connectivity index (χ4n) is 2.29. The van der Waals surface area contributed by atoms with E-state index in [-0.39, 0.29) is 19.0 Å². The van der Waals surface area contributed by atoms with Crippen LogP contribution in [0.25, 0.3) is 11.0 Å². The van der Waals surface area contributed by atoms with Gasteiger partial charge in [0.1, 0.15) is 17.9 Å². The van der Waals surface area contributed by atoms with Gasteiger partial charge in [-0.1, -0.05) is 35.0 Å². The van der Waals surface area contributed by atoms with Crippen molar-refractivity contribution in [3.63, 3.8) is 0 Å². The maximum absolute atomic E-state index is 13.8. The summed E-state index contributed by atoms with van der Waals surface area (Å²) in [6.45, 7) is 0.125. The molecule has 0 saturated heterocycles. The number of para-hydroxylation sites is 1. The number of halogens is 2. The largest absolute Gasteiger partial charge is 0.340 e. The molecule has 0 spiro atoms. The quantitative estimate of drug-likeness (QED) is 0.738. The van der Waals surface area contributed by atoms with Gasteiger partial charge in [0.25, 0.3) is 0 Å². The van der Waals surface area contributed by atoms with E-state index in [2.05, 4.69) is 10.3 Å². The van der Waals surface area contributed by atoms with Crippen molar-refractivity contribution in [1.29, 1.82) is 0 Å². The molecule has 0 aliphatic carbocycles. The number of benzene rings is 2. The minimum Gasteiger partial charge on any atom is -0.340 e. The Morgan fingerprint density at radius 1 is 1.26 bits per heavy atom. The smallest absolute Gasteiger partial charge is 0.244 e. The average Bonchev–Trinajstić information content (AvgIpc) is 2.94. The maximum Gasteiger partial charge on any atom is 0.244 e. The van der Waals surface area contributed by atoms with E-state index in [1.165, 1.54) is 21.7 Å². The number of hydrogen-bond donors (Lipinski definition) is 0. The van der Waals surface area contributed by atoms with Crippen molar-refractivity contribution in [2.24, 2.45) is 0 Å². The molecule has 3 rings (SSSR count). The zero-order valence-electron chi connectivity index (χ0n) is 12.4. The van der Waals surface area contributed by atoms with Crippen LogP contribution in [-0.2, 0) is 17.9 Å².